The van der Waals surface area contributed by atoms with Gasteiger partial charge in [-0.1, -0.05) is 48.5 Å². The van der Waals surface area contributed by atoms with Crippen LogP contribution in [-0.2, 0) is 0 Å². The van der Waals surface area contributed by atoms with E-state index >= 15 is 0 Å². The summed E-state index contributed by atoms with van der Waals surface area (Å²) in [6, 6.07) is 22.4. The molecule has 0 fully saturated rings. The van der Waals surface area contributed by atoms with Crippen molar-refractivity contribution in [2.45, 2.75) is 0 Å². The molecule has 0 unspecified atom stereocenters. The average molecular weight is 314 g/mol. The zero-order chi connectivity index (χ0) is 16.4. The Morgan fingerprint density at radius 1 is 0.875 bits per heavy atom. The minimum Gasteiger partial charge on any atom is -0.419 e. The van der Waals surface area contributed by atoms with Gasteiger partial charge in [0.2, 0.25) is 0 Å². The Kier molecular flexibility index (Phi) is 3.56. The van der Waals surface area contributed by atoms with Crippen molar-refractivity contribution < 1.29 is 9.53 Å². The molecule has 0 saturated heterocycles. The molecule has 0 bridgehead atoms. The molecule has 0 spiro atoms. The third-order valence-electron chi connectivity index (χ3n) is 3.73. The fraction of sp³-hybridized carbons (Fsp3) is 0. The van der Waals surface area contributed by atoms with Gasteiger partial charge in [-0.05, 0) is 24.3 Å². The first-order valence-corrected chi connectivity index (χ1v) is 7.61. The second kappa shape index (κ2) is 6.01. The maximum absolute atomic E-state index is 12.3. The Morgan fingerprint density at radius 2 is 1.58 bits per heavy atom. The van der Waals surface area contributed by atoms with Crippen LogP contribution in [0.3, 0.4) is 0 Å². The summed E-state index contributed by atoms with van der Waals surface area (Å²) in [5, 5.41) is 0. The van der Waals surface area contributed by atoms with Gasteiger partial charge in [0, 0.05) is 18.0 Å². The lowest BCUT2D eigenvalue weighted by Gasteiger charge is -2.05. The summed E-state index contributed by atoms with van der Waals surface area (Å²) in [7, 11) is 0. The quantitative estimate of drug-likeness (QED) is 0.532. The van der Waals surface area contributed by atoms with Crippen LogP contribution in [0.5, 0.6) is 5.75 Å². The average Bonchev–Trinajstić information content (AvgIpc) is 3.08. The second-order valence-corrected chi connectivity index (χ2v) is 5.35. The van der Waals surface area contributed by atoms with Crippen molar-refractivity contribution in [3.63, 3.8) is 0 Å². The molecular formula is C20H14N2O2. The molecule has 24 heavy (non-hydrogen) atoms. The fourth-order valence-electron chi connectivity index (χ4n) is 2.55. The van der Waals surface area contributed by atoms with E-state index in [0.717, 1.165) is 11.3 Å². The summed E-state index contributed by atoms with van der Waals surface area (Å²) >= 11 is 0. The Bertz CT molecular complexity index is 992. The molecule has 0 amide bonds. The summed E-state index contributed by atoms with van der Waals surface area (Å²) in [5.41, 5.74) is 2.97. The number of hydrogen-bond donors (Lipinski definition) is 0. The number of carbonyl (C=O) groups excluding carboxylic acids is 1. The van der Waals surface area contributed by atoms with E-state index in [1.807, 2.05) is 59.3 Å². The molecule has 2 heterocycles. The Labute approximate surface area is 139 Å². The third-order valence-corrected chi connectivity index (χ3v) is 3.73. The number of rotatable bonds is 3. The zero-order valence-corrected chi connectivity index (χ0v) is 12.8. The van der Waals surface area contributed by atoms with Gasteiger partial charge in [0.25, 0.3) is 0 Å². The molecule has 4 heteroatoms. The van der Waals surface area contributed by atoms with Gasteiger partial charge >= 0.3 is 5.97 Å². The van der Waals surface area contributed by atoms with Crippen LogP contribution in [0.4, 0.5) is 0 Å². The van der Waals surface area contributed by atoms with E-state index < -0.39 is 5.97 Å². The van der Waals surface area contributed by atoms with Crippen molar-refractivity contribution in [1.29, 1.82) is 0 Å². The number of ether oxygens (including phenoxy) is 1. The lowest BCUT2D eigenvalue weighted by molar-refractivity contribution is 0.0736. The summed E-state index contributed by atoms with van der Waals surface area (Å²) < 4.78 is 7.40. The molecule has 0 aliphatic rings. The van der Waals surface area contributed by atoms with Gasteiger partial charge in [0.1, 0.15) is 0 Å². The van der Waals surface area contributed by atoms with Crippen molar-refractivity contribution >= 4 is 11.6 Å². The topological polar surface area (TPSA) is 43.6 Å². The maximum atomic E-state index is 12.3. The first-order chi connectivity index (χ1) is 11.8. The predicted molar refractivity (Wildman–Crippen MR) is 92.0 cm³/mol. The third kappa shape index (κ3) is 2.65. The fourth-order valence-corrected chi connectivity index (χ4v) is 2.55. The van der Waals surface area contributed by atoms with Gasteiger partial charge in [0.05, 0.1) is 11.3 Å². The van der Waals surface area contributed by atoms with Crippen LogP contribution < -0.4 is 4.74 Å². The number of imidazole rings is 1. The minimum absolute atomic E-state index is 0.395. The van der Waals surface area contributed by atoms with E-state index in [1.165, 1.54) is 0 Å². The summed E-state index contributed by atoms with van der Waals surface area (Å²) in [6.07, 6.45) is 3.80. The highest BCUT2D eigenvalue weighted by Gasteiger charge is 2.13. The van der Waals surface area contributed by atoms with Gasteiger partial charge < -0.3 is 9.14 Å². The Morgan fingerprint density at radius 3 is 2.33 bits per heavy atom. The molecule has 0 aliphatic heterocycles. The first-order valence-electron chi connectivity index (χ1n) is 7.61. The van der Waals surface area contributed by atoms with Crippen LogP contribution in [0.1, 0.15) is 10.4 Å². The molecule has 2 aromatic heterocycles. The van der Waals surface area contributed by atoms with Crippen molar-refractivity contribution in [1.82, 2.24) is 9.38 Å². The van der Waals surface area contributed by atoms with Crippen molar-refractivity contribution in [3.8, 4) is 17.0 Å². The van der Waals surface area contributed by atoms with E-state index in [-0.39, 0.29) is 0 Å². The van der Waals surface area contributed by atoms with E-state index in [4.69, 9.17) is 4.74 Å². The van der Waals surface area contributed by atoms with Crippen LogP contribution >= 0.6 is 0 Å². The summed E-state index contributed by atoms with van der Waals surface area (Å²) in [4.78, 5) is 16.9. The molecule has 116 valence electrons. The maximum Gasteiger partial charge on any atom is 0.343 e. The van der Waals surface area contributed by atoms with Gasteiger partial charge in [-0.15, -0.1) is 0 Å². The number of benzene rings is 2. The molecule has 0 N–H and O–H groups in total. The number of esters is 1. The van der Waals surface area contributed by atoms with E-state index in [1.54, 1.807) is 30.3 Å². The number of hydrogen-bond acceptors (Lipinski definition) is 3. The number of aromatic nitrogens is 2. The molecule has 2 aromatic carbocycles. The monoisotopic (exact) mass is 314 g/mol. The van der Waals surface area contributed by atoms with E-state index in [0.29, 0.717) is 17.0 Å². The number of pyridine rings is 1. The SMILES string of the molecule is O=C(Oc1cccn2cc(-c3ccccc3)nc12)c1ccccc1. The number of nitrogens with zero attached hydrogens (tertiary/aromatic N) is 2. The van der Waals surface area contributed by atoms with Gasteiger partial charge in [-0.3, -0.25) is 0 Å². The molecule has 4 rings (SSSR count). The summed E-state index contributed by atoms with van der Waals surface area (Å²) in [6.45, 7) is 0. The number of fused-ring (bicyclic) bond motifs is 1. The van der Waals surface area contributed by atoms with Gasteiger partial charge in [-0.2, -0.15) is 0 Å². The van der Waals surface area contributed by atoms with Crippen LogP contribution in [0.25, 0.3) is 16.9 Å². The zero-order valence-electron chi connectivity index (χ0n) is 12.8. The molecule has 4 nitrogen and oxygen atoms in total. The van der Waals surface area contributed by atoms with Crippen LogP contribution in [0.15, 0.2) is 85.2 Å². The largest absolute Gasteiger partial charge is 0.419 e. The first kappa shape index (κ1) is 14.2. The highest BCUT2D eigenvalue weighted by Crippen LogP contribution is 2.25. The minimum atomic E-state index is -0.395. The van der Waals surface area contributed by atoms with Gasteiger partial charge in [0.15, 0.2) is 11.4 Å². The Hall–Kier alpha value is -3.40. The lowest BCUT2D eigenvalue weighted by atomic mass is 10.2. The molecular weight excluding hydrogens is 300 g/mol. The van der Waals surface area contributed by atoms with Crippen LogP contribution in [0, 0.1) is 0 Å². The van der Waals surface area contributed by atoms with E-state index in [9.17, 15) is 4.79 Å². The van der Waals surface area contributed by atoms with E-state index in [2.05, 4.69) is 4.98 Å². The van der Waals surface area contributed by atoms with Crippen molar-refractivity contribution in [2.24, 2.45) is 0 Å². The van der Waals surface area contributed by atoms with Crippen molar-refractivity contribution in [3.05, 3.63) is 90.8 Å². The molecule has 0 saturated carbocycles. The smallest absolute Gasteiger partial charge is 0.343 e. The molecule has 4 aromatic rings. The van der Waals surface area contributed by atoms with Crippen LogP contribution in [0.2, 0.25) is 0 Å². The second-order valence-electron chi connectivity index (χ2n) is 5.35. The molecule has 0 atom stereocenters. The Balaban J connectivity index is 1.71. The summed E-state index contributed by atoms with van der Waals surface area (Å²) in [5.74, 6) is 0.0431. The van der Waals surface area contributed by atoms with Crippen molar-refractivity contribution in [2.75, 3.05) is 0 Å². The lowest BCUT2D eigenvalue weighted by Crippen LogP contribution is -2.09. The standard InChI is InChI=1S/C20H14N2O2/c23-20(16-10-5-2-6-11-16)24-18-12-7-13-22-14-17(21-19(18)22)15-8-3-1-4-9-15/h1-14H. The highest BCUT2D eigenvalue weighted by atomic mass is 16.5. The molecule has 0 aliphatic carbocycles. The predicted octanol–water partition coefficient (Wildman–Crippen LogP) is 4.22. The molecule has 0 radical (unpaired) electrons. The van der Waals surface area contributed by atoms with Gasteiger partial charge in [-0.25, -0.2) is 9.78 Å². The number of carbonyl (C=O) groups is 1. The van der Waals surface area contributed by atoms with Crippen LogP contribution in [-0.4, -0.2) is 15.4 Å². The normalized spacial score (nSPS) is 10.7. The highest BCUT2D eigenvalue weighted by molar-refractivity contribution is 5.91.